The Bertz CT molecular complexity index is 1180. The summed E-state index contributed by atoms with van der Waals surface area (Å²) >= 11 is 0. The minimum atomic E-state index is -0.931. The van der Waals surface area contributed by atoms with Crippen molar-refractivity contribution in [2.24, 2.45) is 0 Å². The lowest BCUT2D eigenvalue weighted by Crippen LogP contribution is -2.57. The van der Waals surface area contributed by atoms with Gasteiger partial charge in [0.05, 0.1) is 19.6 Å². The van der Waals surface area contributed by atoms with Gasteiger partial charge in [0.15, 0.2) is 11.5 Å². The topological polar surface area (TPSA) is 113 Å². The van der Waals surface area contributed by atoms with Crippen LogP contribution in [0.5, 0.6) is 0 Å². The van der Waals surface area contributed by atoms with E-state index in [-0.39, 0.29) is 30.5 Å². The molecule has 0 aromatic heterocycles. The predicted octanol–water partition coefficient (Wildman–Crippen LogP) is 4.20. The molecule has 45 heavy (non-hydrogen) atoms. The van der Waals surface area contributed by atoms with Crippen LogP contribution in [0.15, 0.2) is 59.6 Å². The van der Waals surface area contributed by atoms with E-state index in [2.05, 4.69) is 36.3 Å². The van der Waals surface area contributed by atoms with E-state index >= 15 is 0 Å². The van der Waals surface area contributed by atoms with E-state index in [1.54, 1.807) is 14.2 Å². The summed E-state index contributed by atoms with van der Waals surface area (Å²) < 4.78 is 16.8. The van der Waals surface area contributed by atoms with Crippen LogP contribution in [0.1, 0.15) is 64.4 Å². The summed E-state index contributed by atoms with van der Waals surface area (Å²) in [5.74, 6) is 0.527. The van der Waals surface area contributed by atoms with Crippen LogP contribution in [-0.2, 0) is 23.8 Å². The Hall–Kier alpha value is -3.18. The molecular formula is C35H54N4O6. The Kier molecular flexibility index (Phi) is 15.1. The van der Waals surface area contributed by atoms with Gasteiger partial charge >= 0.3 is 0 Å². The number of hydrogen-bond donors (Lipinski definition) is 3. The fourth-order valence-electron chi connectivity index (χ4n) is 5.92. The van der Waals surface area contributed by atoms with Gasteiger partial charge in [0.2, 0.25) is 5.91 Å². The number of rotatable bonds is 21. The van der Waals surface area contributed by atoms with E-state index in [1.165, 1.54) is 0 Å². The Morgan fingerprint density at radius 1 is 1.16 bits per heavy atom. The first-order chi connectivity index (χ1) is 21.8. The van der Waals surface area contributed by atoms with Crippen molar-refractivity contribution in [3.63, 3.8) is 0 Å². The van der Waals surface area contributed by atoms with Gasteiger partial charge in [-0.15, -0.1) is 0 Å². The summed E-state index contributed by atoms with van der Waals surface area (Å²) in [6.07, 6.45) is 8.84. The highest BCUT2D eigenvalue weighted by Gasteiger charge is 2.40. The third kappa shape index (κ3) is 10.2. The molecule has 3 N–H and O–H groups in total. The summed E-state index contributed by atoms with van der Waals surface area (Å²) in [7, 11) is 5.09. The SMILES string of the molecule is CCNCC(CN(C(=O)C(CC=O)c1ccccc1NC)C1CC1)N(C(C)C)C(O)C1=CC(OCCCOC)=C(OC)C=CC1. The summed E-state index contributed by atoms with van der Waals surface area (Å²) in [4.78, 5) is 30.2. The van der Waals surface area contributed by atoms with Gasteiger partial charge in [-0.05, 0) is 69.0 Å². The van der Waals surface area contributed by atoms with E-state index in [0.29, 0.717) is 44.2 Å². The summed E-state index contributed by atoms with van der Waals surface area (Å²) in [6.45, 7) is 8.98. The monoisotopic (exact) mass is 626 g/mol. The quantitative estimate of drug-likeness (QED) is 0.105. The van der Waals surface area contributed by atoms with Crippen LogP contribution in [0.3, 0.4) is 0 Å². The first kappa shape index (κ1) is 36.3. The van der Waals surface area contributed by atoms with Crippen LogP contribution in [0, 0.1) is 0 Å². The molecule has 10 nitrogen and oxygen atoms in total. The molecule has 1 fully saturated rings. The van der Waals surface area contributed by atoms with Gasteiger partial charge in [-0.1, -0.05) is 31.2 Å². The summed E-state index contributed by atoms with van der Waals surface area (Å²) in [6, 6.07) is 7.55. The highest BCUT2D eigenvalue weighted by Crippen LogP contribution is 2.35. The Labute approximate surface area is 269 Å². The number of carbonyl (C=O) groups excluding carboxylic acids is 2. The zero-order valence-corrected chi connectivity index (χ0v) is 28.0. The van der Waals surface area contributed by atoms with E-state index in [0.717, 1.165) is 48.9 Å². The van der Waals surface area contributed by atoms with E-state index in [9.17, 15) is 14.7 Å². The summed E-state index contributed by atoms with van der Waals surface area (Å²) in [5.41, 5.74) is 2.44. The fourth-order valence-corrected chi connectivity index (χ4v) is 5.92. The van der Waals surface area contributed by atoms with Gasteiger partial charge in [-0.3, -0.25) is 9.69 Å². The molecule has 0 bridgehead atoms. The van der Waals surface area contributed by atoms with Gasteiger partial charge in [0.25, 0.3) is 0 Å². The molecular weight excluding hydrogens is 572 g/mol. The number of likely N-dealkylation sites (N-methyl/N-ethyl adjacent to an activating group) is 1. The molecule has 0 saturated heterocycles. The zero-order chi connectivity index (χ0) is 32.8. The van der Waals surface area contributed by atoms with Crippen molar-refractivity contribution in [1.82, 2.24) is 15.1 Å². The number of aldehydes is 1. The standard InChI is InChI=1S/C35H54N4O6/c1-7-37-23-28(24-38(27-16-17-27)35(42)30(18-19-40)29-13-8-9-14-31(29)36-4)39(25(2)3)34(41)26-12-10-15-32(44-6)33(22-26)45-21-11-20-43-5/h8-10,13-15,19,22,25,27-28,30,34,36-37,41H,7,11-12,16-18,20-21,23-24H2,1-6H3. The van der Waals surface area contributed by atoms with Crippen molar-refractivity contribution in [1.29, 1.82) is 0 Å². The van der Waals surface area contributed by atoms with Crippen molar-refractivity contribution >= 4 is 17.9 Å². The van der Waals surface area contributed by atoms with Gasteiger partial charge in [0, 0.05) is 70.5 Å². The van der Waals surface area contributed by atoms with Crippen molar-refractivity contribution in [3.05, 3.63) is 65.1 Å². The third-order valence-electron chi connectivity index (χ3n) is 8.33. The first-order valence-corrected chi connectivity index (χ1v) is 16.2. The van der Waals surface area contributed by atoms with Crippen LogP contribution >= 0.6 is 0 Å². The van der Waals surface area contributed by atoms with Gasteiger partial charge < -0.3 is 39.6 Å². The van der Waals surface area contributed by atoms with E-state index in [4.69, 9.17) is 14.2 Å². The maximum atomic E-state index is 14.3. The lowest BCUT2D eigenvalue weighted by atomic mass is 9.92. The molecule has 1 aromatic carbocycles. The second-order valence-corrected chi connectivity index (χ2v) is 11.8. The minimum absolute atomic E-state index is 0.0410. The Balaban J connectivity index is 1.94. The molecule has 3 unspecified atom stereocenters. The zero-order valence-electron chi connectivity index (χ0n) is 28.0. The van der Waals surface area contributed by atoms with E-state index < -0.39 is 12.1 Å². The molecule has 0 heterocycles. The molecule has 10 heteroatoms. The number of para-hydroxylation sites is 1. The Morgan fingerprint density at radius 3 is 2.53 bits per heavy atom. The van der Waals surface area contributed by atoms with Crippen molar-refractivity contribution in [2.75, 3.05) is 59.4 Å². The number of amides is 1. The molecule has 3 rings (SSSR count). The largest absolute Gasteiger partial charge is 0.493 e. The van der Waals surface area contributed by atoms with Crippen LogP contribution in [0.4, 0.5) is 5.69 Å². The number of methoxy groups -OCH3 is 2. The fraction of sp³-hybridized carbons (Fsp3) is 0.600. The number of aliphatic hydroxyl groups is 1. The maximum absolute atomic E-state index is 14.3. The van der Waals surface area contributed by atoms with Crippen molar-refractivity contribution < 1.29 is 28.9 Å². The normalized spacial score (nSPS) is 17.0. The number of anilines is 1. The highest BCUT2D eigenvalue weighted by molar-refractivity contribution is 5.88. The molecule has 1 aromatic rings. The molecule has 250 valence electrons. The lowest BCUT2D eigenvalue weighted by molar-refractivity contribution is -0.136. The lowest BCUT2D eigenvalue weighted by Gasteiger charge is -2.42. The second-order valence-electron chi connectivity index (χ2n) is 11.8. The molecule has 0 spiro atoms. The van der Waals surface area contributed by atoms with Crippen LogP contribution in [-0.4, -0.2) is 106 Å². The van der Waals surface area contributed by atoms with Crippen molar-refractivity contribution in [3.8, 4) is 0 Å². The maximum Gasteiger partial charge on any atom is 0.230 e. The smallest absolute Gasteiger partial charge is 0.230 e. The van der Waals surface area contributed by atoms with E-state index in [1.807, 2.05) is 54.4 Å². The number of ether oxygens (including phenoxy) is 3. The second kappa shape index (κ2) is 18.7. The number of nitrogens with one attached hydrogen (secondary N) is 2. The van der Waals surface area contributed by atoms with Gasteiger partial charge in [-0.2, -0.15) is 0 Å². The number of hydrogen-bond acceptors (Lipinski definition) is 9. The first-order valence-electron chi connectivity index (χ1n) is 16.2. The minimum Gasteiger partial charge on any atom is -0.493 e. The average molecular weight is 627 g/mol. The molecule has 1 amide bonds. The molecule has 1 saturated carbocycles. The van der Waals surface area contributed by atoms with Crippen LogP contribution in [0.2, 0.25) is 0 Å². The average Bonchev–Trinajstić information content (AvgIpc) is 3.90. The highest BCUT2D eigenvalue weighted by atomic mass is 16.5. The van der Waals surface area contributed by atoms with Crippen molar-refractivity contribution in [2.45, 2.75) is 83.1 Å². The molecule has 3 atom stereocenters. The molecule has 0 radical (unpaired) electrons. The van der Waals surface area contributed by atoms with Crippen LogP contribution in [0.25, 0.3) is 0 Å². The molecule has 2 aliphatic carbocycles. The number of aliphatic hydroxyl groups excluding tert-OH is 1. The Morgan fingerprint density at radius 2 is 1.91 bits per heavy atom. The van der Waals surface area contributed by atoms with Gasteiger partial charge in [0.1, 0.15) is 12.5 Å². The van der Waals surface area contributed by atoms with Gasteiger partial charge in [-0.25, -0.2) is 0 Å². The number of allylic oxidation sites excluding steroid dienone is 3. The number of carbonyl (C=O) groups is 2. The third-order valence-corrected chi connectivity index (χ3v) is 8.33. The van der Waals surface area contributed by atoms with Crippen LogP contribution < -0.4 is 10.6 Å². The predicted molar refractivity (Wildman–Crippen MR) is 178 cm³/mol. The number of benzene rings is 1. The summed E-state index contributed by atoms with van der Waals surface area (Å²) in [5, 5.41) is 18.7. The molecule has 2 aliphatic rings. The molecule has 0 aliphatic heterocycles. The number of nitrogens with zero attached hydrogens (tertiary/aromatic N) is 2.